The zero-order valence-electron chi connectivity index (χ0n) is 12.0. The van der Waals surface area contributed by atoms with Crippen LogP contribution in [0.25, 0.3) is 0 Å². The molecule has 104 valence electrons. The molecule has 1 aliphatic carbocycles. The van der Waals surface area contributed by atoms with Crippen LogP contribution >= 0.6 is 0 Å². The minimum Gasteiger partial charge on any atom is -0.370 e. The molecule has 0 amide bonds. The molecule has 1 saturated carbocycles. The van der Waals surface area contributed by atoms with Crippen LogP contribution in [0.15, 0.2) is 6.07 Å². The third-order valence-corrected chi connectivity index (χ3v) is 4.29. The van der Waals surface area contributed by atoms with Crippen molar-refractivity contribution in [2.75, 3.05) is 23.3 Å². The van der Waals surface area contributed by atoms with Gasteiger partial charge in [-0.25, -0.2) is 9.97 Å². The summed E-state index contributed by atoms with van der Waals surface area (Å²) >= 11 is 0. The topological polar surface area (TPSA) is 41.1 Å². The van der Waals surface area contributed by atoms with Gasteiger partial charge >= 0.3 is 0 Å². The average molecular weight is 260 g/mol. The fraction of sp³-hybridized carbons (Fsp3) is 0.733. The van der Waals surface area contributed by atoms with Crippen LogP contribution in [0.5, 0.6) is 0 Å². The van der Waals surface area contributed by atoms with Crippen LogP contribution in [0.4, 0.5) is 11.6 Å². The van der Waals surface area contributed by atoms with Gasteiger partial charge in [0.15, 0.2) is 0 Å². The maximum Gasteiger partial charge on any atom is 0.134 e. The summed E-state index contributed by atoms with van der Waals surface area (Å²) in [7, 11) is 0. The minimum absolute atomic E-state index is 0.726. The number of nitrogens with one attached hydrogen (secondary N) is 1. The third kappa shape index (κ3) is 2.53. The van der Waals surface area contributed by atoms with Crippen LogP contribution in [-0.4, -0.2) is 29.1 Å². The van der Waals surface area contributed by atoms with Gasteiger partial charge in [0.25, 0.3) is 0 Å². The Hall–Kier alpha value is -1.32. The highest BCUT2D eigenvalue weighted by molar-refractivity contribution is 5.51. The zero-order valence-corrected chi connectivity index (χ0v) is 12.0. The van der Waals surface area contributed by atoms with Crippen LogP contribution in [0.3, 0.4) is 0 Å². The lowest BCUT2D eigenvalue weighted by atomic mass is 10.1. The fourth-order valence-corrected chi connectivity index (χ4v) is 3.44. The lowest BCUT2D eigenvalue weighted by Gasteiger charge is -2.28. The zero-order chi connectivity index (χ0) is 13.2. The molecular weight excluding hydrogens is 236 g/mol. The van der Waals surface area contributed by atoms with Crippen molar-refractivity contribution in [3.05, 3.63) is 11.9 Å². The van der Waals surface area contributed by atoms with E-state index in [2.05, 4.69) is 35.1 Å². The van der Waals surface area contributed by atoms with Crippen molar-refractivity contribution >= 4 is 11.6 Å². The number of aromatic nitrogens is 2. The van der Waals surface area contributed by atoms with E-state index in [-0.39, 0.29) is 0 Å². The second kappa shape index (κ2) is 5.35. The van der Waals surface area contributed by atoms with Gasteiger partial charge in [-0.05, 0) is 38.5 Å². The first kappa shape index (κ1) is 12.7. The average Bonchev–Trinajstić information content (AvgIpc) is 3.01. The number of nitrogens with zero attached hydrogens (tertiary/aromatic N) is 3. The van der Waals surface area contributed by atoms with Gasteiger partial charge < -0.3 is 10.2 Å². The quantitative estimate of drug-likeness (QED) is 0.884. The van der Waals surface area contributed by atoms with Gasteiger partial charge in [0.2, 0.25) is 0 Å². The standard InChI is InChI=1S/C15H24N4/c1-3-5-13-17-14(16-4-2)9-15(18-13)19-10-11-6-7-12(19)8-11/h9,11-12H,3-8,10H2,1-2H3,(H,16,17,18). The van der Waals surface area contributed by atoms with E-state index in [1.807, 2.05) is 0 Å². The Morgan fingerprint density at radius 2 is 2.21 bits per heavy atom. The first-order valence-electron chi connectivity index (χ1n) is 7.68. The first-order chi connectivity index (χ1) is 9.30. The number of piperidine rings is 1. The molecule has 1 aliphatic heterocycles. The van der Waals surface area contributed by atoms with Gasteiger partial charge in [0, 0.05) is 31.6 Å². The molecule has 4 heteroatoms. The molecule has 19 heavy (non-hydrogen) atoms. The van der Waals surface area contributed by atoms with Crippen molar-refractivity contribution in [3.8, 4) is 0 Å². The molecule has 0 radical (unpaired) electrons. The summed E-state index contributed by atoms with van der Waals surface area (Å²) in [5.41, 5.74) is 0. The van der Waals surface area contributed by atoms with E-state index >= 15 is 0 Å². The molecule has 1 aromatic rings. The van der Waals surface area contributed by atoms with Crippen molar-refractivity contribution in [2.24, 2.45) is 5.92 Å². The highest BCUT2D eigenvalue weighted by Gasteiger charge is 2.38. The molecular formula is C15H24N4. The minimum atomic E-state index is 0.726. The Morgan fingerprint density at radius 1 is 1.32 bits per heavy atom. The van der Waals surface area contributed by atoms with E-state index in [9.17, 15) is 0 Å². The van der Waals surface area contributed by atoms with Gasteiger partial charge in [-0.15, -0.1) is 0 Å². The predicted molar refractivity (Wildman–Crippen MR) is 78.7 cm³/mol. The normalized spacial score (nSPS) is 25.1. The maximum atomic E-state index is 4.78. The Morgan fingerprint density at radius 3 is 2.84 bits per heavy atom. The van der Waals surface area contributed by atoms with Crippen LogP contribution in [0.1, 0.15) is 45.4 Å². The molecule has 0 spiro atoms. The molecule has 2 aliphatic rings. The van der Waals surface area contributed by atoms with E-state index in [1.165, 1.54) is 25.8 Å². The second-order valence-electron chi connectivity index (χ2n) is 5.79. The fourth-order valence-electron chi connectivity index (χ4n) is 3.44. The molecule has 2 fully saturated rings. The predicted octanol–water partition coefficient (Wildman–Crippen LogP) is 2.85. The lowest BCUT2D eigenvalue weighted by Crippen LogP contribution is -2.33. The molecule has 2 atom stereocenters. The number of aryl methyl sites for hydroxylation is 1. The summed E-state index contributed by atoms with van der Waals surface area (Å²) in [6.45, 7) is 6.40. The lowest BCUT2D eigenvalue weighted by molar-refractivity contribution is 0.549. The number of rotatable bonds is 5. The van der Waals surface area contributed by atoms with E-state index in [0.717, 1.165) is 48.8 Å². The molecule has 3 rings (SSSR count). The summed E-state index contributed by atoms with van der Waals surface area (Å²) in [5, 5.41) is 3.34. The number of anilines is 2. The first-order valence-corrected chi connectivity index (χ1v) is 7.68. The SMILES string of the molecule is CCCc1nc(NCC)cc(N2CC3CCC2C3)n1. The van der Waals surface area contributed by atoms with Gasteiger partial charge in [-0.2, -0.15) is 0 Å². The Bertz CT molecular complexity index is 422. The summed E-state index contributed by atoms with van der Waals surface area (Å²) in [6, 6.07) is 2.85. The number of hydrogen-bond acceptors (Lipinski definition) is 4. The van der Waals surface area contributed by atoms with Crippen molar-refractivity contribution < 1.29 is 0 Å². The Labute approximate surface area is 115 Å². The molecule has 1 saturated heterocycles. The van der Waals surface area contributed by atoms with E-state index in [0.29, 0.717) is 0 Å². The Kier molecular flexibility index (Phi) is 3.58. The molecule has 0 aromatic carbocycles. The van der Waals surface area contributed by atoms with Crippen LogP contribution in [0.2, 0.25) is 0 Å². The van der Waals surface area contributed by atoms with Gasteiger partial charge in [0.1, 0.15) is 17.5 Å². The number of hydrogen-bond donors (Lipinski definition) is 1. The molecule has 1 N–H and O–H groups in total. The second-order valence-corrected chi connectivity index (χ2v) is 5.79. The van der Waals surface area contributed by atoms with E-state index < -0.39 is 0 Å². The van der Waals surface area contributed by atoms with Crippen LogP contribution < -0.4 is 10.2 Å². The van der Waals surface area contributed by atoms with Gasteiger partial charge in [-0.3, -0.25) is 0 Å². The highest BCUT2D eigenvalue weighted by Crippen LogP contribution is 2.39. The molecule has 2 bridgehead atoms. The van der Waals surface area contributed by atoms with Crippen molar-refractivity contribution in [3.63, 3.8) is 0 Å². The molecule has 1 aromatic heterocycles. The molecule has 2 unspecified atom stereocenters. The highest BCUT2D eigenvalue weighted by atomic mass is 15.3. The molecule has 2 heterocycles. The van der Waals surface area contributed by atoms with Gasteiger partial charge in [-0.1, -0.05) is 6.92 Å². The largest absolute Gasteiger partial charge is 0.370 e. The van der Waals surface area contributed by atoms with Crippen molar-refractivity contribution in [1.82, 2.24) is 9.97 Å². The van der Waals surface area contributed by atoms with Crippen LogP contribution in [-0.2, 0) is 6.42 Å². The smallest absolute Gasteiger partial charge is 0.134 e. The van der Waals surface area contributed by atoms with E-state index in [4.69, 9.17) is 4.98 Å². The monoisotopic (exact) mass is 260 g/mol. The maximum absolute atomic E-state index is 4.78. The van der Waals surface area contributed by atoms with Crippen molar-refractivity contribution in [1.29, 1.82) is 0 Å². The summed E-state index contributed by atoms with van der Waals surface area (Å²) < 4.78 is 0. The number of fused-ring (bicyclic) bond motifs is 2. The van der Waals surface area contributed by atoms with Crippen LogP contribution in [0, 0.1) is 5.92 Å². The van der Waals surface area contributed by atoms with Gasteiger partial charge in [0.05, 0.1) is 0 Å². The third-order valence-electron chi connectivity index (χ3n) is 4.29. The van der Waals surface area contributed by atoms with Crippen molar-refractivity contribution in [2.45, 2.75) is 52.0 Å². The summed E-state index contributed by atoms with van der Waals surface area (Å²) in [6.07, 6.45) is 6.18. The Balaban J connectivity index is 1.86. The summed E-state index contributed by atoms with van der Waals surface area (Å²) in [5.74, 6) is 4.01. The molecule has 4 nitrogen and oxygen atoms in total. The van der Waals surface area contributed by atoms with E-state index in [1.54, 1.807) is 0 Å². The summed E-state index contributed by atoms with van der Waals surface area (Å²) in [4.78, 5) is 11.9.